The van der Waals surface area contributed by atoms with Crippen LogP contribution in [0.25, 0.3) is 11.1 Å². The van der Waals surface area contributed by atoms with Gasteiger partial charge in [-0.05, 0) is 67.3 Å². The van der Waals surface area contributed by atoms with Crippen LogP contribution < -0.4 is 10.1 Å². The average molecular weight is 458 g/mol. The van der Waals surface area contributed by atoms with Crippen LogP contribution in [0.15, 0.2) is 60.9 Å². The summed E-state index contributed by atoms with van der Waals surface area (Å²) in [6.45, 7) is 2.97. The van der Waals surface area contributed by atoms with Crippen molar-refractivity contribution in [3.8, 4) is 16.9 Å². The molecule has 5 rings (SSSR count). The number of hydrogen-bond acceptors (Lipinski definition) is 5. The number of fused-ring (bicyclic) bond motifs is 3. The van der Waals surface area contributed by atoms with Gasteiger partial charge in [0, 0.05) is 54.8 Å². The van der Waals surface area contributed by atoms with Crippen LogP contribution in [0, 0.1) is 0 Å². The Balaban J connectivity index is 1.27. The van der Waals surface area contributed by atoms with Gasteiger partial charge in [-0.1, -0.05) is 12.1 Å². The standard InChI is InChI=1S/C27H27N3O4/c1-17-23-16-28-11-10-21(23)22-9-8-19(14-24(22)34-17)26(31)29-15-18-5-3-6-20(13-18)27(32)30(2)25-7-4-12-33-25/h3,5-6,8-11,13-14,16-17,25H,4,7,12,15H2,1-2H3,(H,29,31)/t17?,25-/m1/s1. The average Bonchev–Trinajstić information content (AvgIpc) is 3.41. The summed E-state index contributed by atoms with van der Waals surface area (Å²) >= 11 is 0. The monoisotopic (exact) mass is 457 g/mol. The Labute approximate surface area is 198 Å². The molecular formula is C27H27N3O4. The molecule has 1 aromatic heterocycles. The quantitative estimate of drug-likeness (QED) is 0.617. The molecule has 0 spiro atoms. The fourth-order valence-electron chi connectivity index (χ4n) is 4.51. The number of ether oxygens (including phenoxy) is 2. The SMILES string of the molecule is CC1Oc2cc(C(=O)NCc3cccc(C(=O)N(C)[C@H]4CCCO4)c3)ccc2-c2ccncc21. The van der Waals surface area contributed by atoms with Crippen molar-refractivity contribution < 1.29 is 19.1 Å². The Kier molecular flexibility index (Phi) is 6.02. The molecule has 1 saturated heterocycles. The second kappa shape index (κ2) is 9.27. The zero-order chi connectivity index (χ0) is 23.7. The van der Waals surface area contributed by atoms with E-state index in [1.54, 1.807) is 36.3 Å². The van der Waals surface area contributed by atoms with E-state index in [2.05, 4.69) is 10.3 Å². The normalized spacial score (nSPS) is 18.4. The maximum Gasteiger partial charge on any atom is 0.255 e. The van der Waals surface area contributed by atoms with Gasteiger partial charge in [0.25, 0.3) is 11.8 Å². The lowest BCUT2D eigenvalue weighted by atomic mass is 9.94. The van der Waals surface area contributed by atoms with Gasteiger partial charge in [-0.2, -0.15) is 0 Å². The van der Waals surface area contributed by atoms with Crippen molar-refractivity contribution in [3.05, 3.63) is 83.2 Å². The van der Waals surface area contributed by atoms with Crippen LogP contribution in [0.4, 0.5) is 0 Å². The van der Waals surface area contributed by atoms with E-state index < -0.39 is 0 Å². The topological polar surface area (TPSA) is 80.8 Å². The van der Waals surface area contributed by atoms with E-state index in [4.69, 9.17) is 9.47 Å². The summed E-state index contributed by atoms with van der Waals surface area (Å²) in [5.74, 6) is 0.396. The van der Waals surface area contributed by atoms with Gasteiger partial charge in [0.15, 0.2) is 0 Å². The molecule has 3 aromatic rings. The highest BCUT2D eigenvalue weighted by Crippen LogP contribution is 2.42. The van der Waals surface area contributed by atoms with Crippen molar-refractivity contribution in [2.45, 2.75) is 38.6 Å². The highest BCUT2D eigenvalue weighted by Gasteiger charge is 2.26. The van der Waals surface area contributed by atoms with Gasteiger partial charge in [-0.3, -0.25) is 14.6 Å². The molecule has 0 radical (unpaired) electrons. The maximum absolute atomic E-state index is 12.9. The summed E-state index contributed by atoms with van der Waals surface area (Å²) in [5, 5.41) is 2.95. The largest absolute Gasteiger partial charge is 0.485 e. The molecule has 1 N–H and O–H groups in total. The zero-order valence-corrected chi connectivity index (χ0v) is 19.3. The fourth-order valence-corrected chi connectivity index (χ4v) is 4.51. The predicted molar refractivity (Wildman–Crippen MR) is 127 cm³/mol. The minimum atomic E-state index is -0.201. The lowest BCUT2D eigenvalue weighted by Crippen LogP contribution is -2.36. The van der Waals surface area contributed by atoms with Crippen LogP contribution in [-0.4, -0.2) is 41.6 Å². The second-order valence-corrected chi connectivity index (χ2v) is 8.70. The summed E-state index contributed by atoms with van der Waals surface area (Å²) in [4.78, 5) is 31.5. The van der Waals surface area contributed by atoms with E-state index in [0.29, 0.717) is 30.0 Å². The van der Waals surface area contributed by atoms with Crippen LogP contribution in [0.3, 0.4) is 0 Å². The molecule has 1 fully saturated rings. The third-order valence-electron chi connectivity index (χ3n) is 6.41. The highest BCUT2D eigenvalue weighted by molar-refractivity contribution is 5.96. The second-order valence-electron chi connectivity index (χ2n) is 8.70. The van der Waals surface area contributed by atoms with Crippen molar-refractivity contribution in [3.63, 3.8) is 0 Å². The summed E-state index contributed by atoms with van der Waals surface area (Å²) < 4.78 is 11.7. The van der Waals surface area contributed by atoms with Crippen molar-refractivity contribution in [2.24, 2.45) is 0 Å². The van der Waals surface area contributed by atoms with Crippen LogP contribution in [0.1, 0.15) is 57.7 Å². The van der Waals surface area contributed by atoms with Crippen molar-refractivity contribution in [1.29, 1.82) is 0 Å². The molecule has 2 aliphatic rings. The van der Waals surface area contributed by atoms with Crippen molar-refractivity contribution >= 4 is 11.8 Å². The van der Waals surface area contributed by atoms with Crippen LogP contribution in [-0.2, 0) is 11.3 Å². The van der Waals surface area contributed by atoms with Gasteiger partial charge < -0.3 is 19.7 Å². The first-order valence-electron chi connectivity index (χ1n) is 11.5. The lowest BCUT2D eigenvalue weighted by Gasteiger charge is -2.26. The molecule has 3 heterocycles. The van der Waals surface area contributed by atoms with E-state index in [-0.39, 0.29) is 24.1 Å². The van der Waals surface area contributed by atoms with Crippen LogP contribution >= 0.6 is 0 Å². The summed E-state index contributed by atoms with van der Waals surface area (Å²) in [5.41, 5.74) is 5.01. The number of rotatable bonds is 5. The molecule has 0 saturated carbocycles. The molecule has 174 valence electrons. The molecule has 7 nitrogen and oxygen atoms in total. The van der Waals surface area contributed by atoms with E-state index in [9.17, 15) is 9.59 Å². The minimum Gasteiger partial charge on any atom is -0.485 e. The van der Waals surface area contributed by atoms with E-state index in [1.807, 2.05) is 43.5 Å². The van der Waals surface area contributed by atoms with E-state index in [0.717, 1.165) is 35.1 Å². The van der Waals surface area contributed by atoms with Gasteiger partial charge in [0.05, 0.1) is 0 Å². The number of amides is 2. The molecule has 2 aliphatic heterocycles. The maximum atomic E-state index is 12.9. The number of pyridine rings is 1. The molecule has 2 amide bonds. The lowest BCUT2D eigenvalue weighted by molar-refractivity contribution is 0.000867. The molecule has 0 bridgehead atoms. The molecular weight excluding hydrogens is 430 g/mol. The fraction of sp³-hybridized carbons (Fsp3) is 0.296. The summed E-state index contributed by atoms with van der Waals surface area (Å²) in [6.07, 6.45) is 5.09. The van der Waals surface area contributed by atoms with Crippen molar-refractivity contribution in [2.75, 3.05) is 13.7 Å². The molecule has 2 aromatic carbocycles. The number of carbonyl (C=O) groups excluding carboxylic acids is 2. The van der Waals surface area contributed by atoms with Crippen molar-refractivity contribution in [1.82, 2.24) is 15.2 Å². The number of nitrogens with one attached hydrogen (secondary N) is 1. The number of nitrogens with zero attached hydrogens (tertiary/aromatic N) is 2. The molecule has 7 heteroatoms. The van der Waals surface area contributed by atoms with Gasteiger partial charge in [0.1, 0.15) is 18.1 Å². The van der Waals surface area contributed by atoms with E-state index in [1.165, 1.54) is 0 Å². The summed E-state index contributed by atoms with van der Waals surface area (Å²) in [6, 6.07) is 14.8. The first-order chi connectivity index (χ1) is 16.5. The van der Waals surface area contributed by atoms with Gasteiger partial charge >= 0.3 is 0 Å². The summed E-state index contributed by atoms with van der Waals surface area (Å²) in [7, 11) is 1.76. The number of benzene rings is 2. The number of aromatic nitrogens is 1. The molecule has 1 unspecified atom stereocenters. The van der Waals surface area contributed by atoms with Gasteiger partial charge in [-0.15, -0.1) is 0 Å². The number of hydrogen-bond donors (Lipinski definition) is 1. The van der Waals surface area contributed by atoms with E-state index >= 15 is 0 Å². The van der Waals surface area contributed by atoms with Crippen LogP contribution in [0.5, 0.6) is 5.75 Å². The Morgan fingerprint density at radius 1 is 1.12 bits per heavy atom. The third-order valence-corrected chi connectivity index (χ3v) is 6.41. The van der Waals surface area contributed by atoms with Crippen LogP contribution in [0.2, 0.25) is 0 Å². The first kappa shape index (κ1) is 22.1. The first-order valence-corrected chi connectivity index (χ1v) is 11.5. The third kappa shape index (κ3) is 4.26. The van der Waals surface area contributed by atoms with Gasteiger partial charge in [-0.25, -0.2) is 0 Å². The molecule has 34 heavy (non-hydrogen) atoms. The zero-order valence-electron chi connectivity index (χ0n) is 19.3. The minimum absolute atomic E-state index is 0.0866. The van der Waals surface area contributed by atoms with Gasteiger partial charge in [0.2, 0.25) is 0 Å². The smallest absolute Gasteiger partial charge is 0.255 e. The Morgan fingerprint density at radius 2 is 2.00 bits per heavy atom. The Bertz CT molecular complexity index is 1240. The predicted octanol–water partition coefficient (Wildman–Crippen LogP) is 4.34. The Morgan fingerprint density at radius 3 is 2.82 bits per heavy atom. The number of carbonyl (C=O) groups is 2. The molecule has 0 aliphatic carbocycles. The molecule has 2 atom stereocenters. The Hall–Kier alpha value is -3.71. The highest BCUT2D eigenvalue weighted by atomic mass is 16.5.